The molecule has 0 bridgehead atoms. The third-order valence-corrected chi connectivity index (χ3v) is 5.86. The van der Waals surface area contributed by atoms with Crippen molar-refractivity contribution in [3.63, 3.8) is 0 Å². The molecule has 5 nitrogen and oxygen atoms in total. The topological polar surface area (TPSA) is 48.1 Å². The maximum atomic E-state index is 13.4. The predicted molar refractivity (Wildman–Crippen MR) is 107 cm³/mol. The van der Waals surface area contributed by atoms with E-state index in [-0.39, 0.29) is 11.6 Å². The summed E-state index contributed by atoms with van der Waals surface area (Å²) in [5, 5.41) is 7.19. The number of pyridine rings is 1. The Morgan fingerprint density at radius 2 is 1.86 bits per heavy atom. The van der Waals surface area contributed by atoms with Gasteiger partial charge < -0.3 is 4.90 Å². The number of hydrogen-bond acceptors (Lipinski definition) is 4. The van der Waals surface area contributed by atoms with Crippen molar-refractivity contribution in [1.82, 2.24) is 25.0 Å². The van der Waals surface area contributed by atoms with Crippen molar-refractivity contribution >= 4 is 0 Å². The van der Waals surface area contributed by atoms with Crippen molar-refractivity contribution in [2.45, 2.75) is 18.9 Å². The summed E-state index contributed by atoms with van der Waals surface area (Å²) in [6.45, 7) is 6.49. The number of piperazine rings is 1. The normalized spacial score (nSPS) is 17.9. The minimum absolute atomic E-state index is 0.186. The van der Waals surface area contributed by atoms with Crippen LogP contribution in [-0.2, 0) is 12.0 Å². The molecule has 0 aliphatic carbocycles. The molecule has 0 radical (unpaired) electrons. The van der Waals surface area contributed by atoms with Gasteiger partial charge in [-0.05, 0) is 49.2 Å². The first-order valence-electron chi connectivity index (χ1n) is 9.89. The van der Waals surface area contributed by atoms with Gasteiger partial charge in [-0.1, -0.05) is 12.1 Å². The highest BCUT2D eigenvalue weighted by atomic mass is 19.1. The monoisotopic (exact) mass is 397 g/mol. The van der Waals surface area contributed by atoms with Crippen LogP contribution in [0.4, 0.5) is 8.78 Å². The molecule has 0 spiro atoms. The van der Waals surface area contributed by atoms with E-state index in [4.69, 9.17) is 0 Å². The molecule has 0 amide bonds. The van der Waals surface area contributed by atoms with Crippen molar-refractivity contribution in [2.24, 2.45) is 0 Å². The Morgan fingerprint density at radius 3 is 2.52 bits per heavy atom. The van der Waals surface area contributed by atoms with Crippen molar-refractivity contribution in [3.05, 3.63) is 83.4 Å². The average Bonchev–Trinajstić information content (AvgIpc) is 3.28. The first-order chi connectivity index (χ1) is 14.1. The number of halogens is 2. The van der Waals surface area contributed by atoms with Crippen LogP contribution in [0.2, 0.25) is 0 Å². The number of aromatic nitrogens is 3. The molecule has 152 valence electrons. The number of aromatic amines is 1. The minimum atomic E-state index is -0.515. The Hall–Kier alpha value is -2.64. The van der Waals surface area contributed by atoms with E-state index >= 15 is 0 Å². The summed E-state index contributed by atoms with van der Waals surface area (Å²) in [4.78, 5) is 9.13. The zero-order valence-corrected chi connectivity index (χ0v) is 16.5. The number of nitrogens with zero attached hydrogens (tertiary/aromatic N) is 4. The lowest BCUT2D eigenvalue weighted by molar-refractivity contribution is 0.0583. The molecule has 29 heavy (non-hydrogen) atoms. The van der Waals surface area contributed by atoms with E-state index in [1.54, 1.807) is 24.4 Å². The van der Waals surface area contributed by atoms with Gasteiger partial charge in [0.25, 0.3) is 0 Å². The molecule has 3 heterocycles. The van der Waals surface area contributed by atoms with Crippen LogP contribution in [0.5, 0.6) is 0 Å². The van der Waals surface area contributed by atoms with Crippen LogP contribution in [0.25, 0.3) is 0 Å². The van der Waals surface area contributed by atoms with Crippen LogP contribution in [0, 0.1) is 11.6 Å². The Kier molecular flexibility index (Phi) is 5.69. The predicted octanol–water partition coefficient (Wildman–Crippen LogP) is 3.21. The van der Waals surface area contributed by atoms with Gasteiger partial charge in [0.05, 0.1) is 17.6 Å². The Bertz CT molecular complexity index is 921. The highest BCUT2D eigenvalue weighted by molar-refractivity contribution is 5.29. The van der Waals surface area contributed by atoms with E-state index < -0.39 is 5.54 Å². The number of nitrogens with one attached hydrogen (secondary N) is 1. The molecule has 2 aromatic heterocycles. The second-order valence-corrected chi connectivity index (χ2v) is 7.61. The van der Waals surface area contributed by atoms with Gasteiger partial charge in [0.2, 0.25) is 0 Å². The van der Waals surface area contributed by atoms with Crippen molar-refractivity contribution in [2.75, 3.05) is 32.7 Å². The molecule has 3 aromatic rings. The summed E-state index contributed by atoms with van der Waals surface area (Å²) in [6.07, 6.45) is 3.82. The maximum Gasteiger partial charge on any atom is 0.141 e. The second kappa shape index (κ2) is 8.39. The Morgan fingerprint density at radius 1 is 1.03 bits per heavy atom. The summed E-state index contributed by atoms with van der Waals surface area (Å²) in [5.74, 6) is -0.530. The van der Waals surface area contributed by atoms with Crippen LogP contribution in [0.15, 0.2) is 54.9 Å². The zero-order valence-electron chi connectivity index (χ0n) is 16.5. The van der Waals surface area contributed by atoms with Crippen molar-refractivity contribution in [3.8, 4) is 0 Å². The molecule has 4 rings (SSSR count). The third kappa shape index (κ3) is 4.21. The van der Waals surface area contributed by atoms with Crippen molar-refractivity contribution in [1.29, 1.82) is 0 Å². The molecule has 0 saturated carbocycles. The lowest BCUT2D eigenvalue weighted by Gasteiger charge is -2.45. The molecular weight excluding hydrogens is 372 g/mol. The van der Waals surface area contributed by atoms with Gasteiger partial charge in [-0.25, -0.2) is 8.78 Å². The molecule has 1 saturated heterocycles. The number of H-pyrrole nitrogens is 1. The summed E-state index contributed by atoms with van der Waals surface area (Å²) < 4.78 is 26.8. The second-order valence-electron chi connectivity index (χ2n) is 7.61. The lowest BCUT2D eigenvalue weighted by Crippen LogP contribution is -2.55. The molecule has 1 unspecified atom stereocenters. The first-order valence-corrected chi connectivity index (χ1v) is 9.89. The fourth-order valence-electron chi connectivity index (χ4n) is 4.06. The van der Waals surface area contributed by atoms with Crippen molar-refractivity contribution < 1.29 is 8.78 Å². The van der Waals surface area contributed by atoms with Gasteiger partial charge in [-0.3, -0.25) is 15.0 Å². The average molecular weight is 397 g/mol. The quantitative estimate of drug-likeness (QED) is 0.694. The molecule has 1 N–H and O–H groups in total. The van der Waals surface area contributed by atoms with Gasteiger partial charge >= 0.3 is 0 Å². The summed E-state index contributed by atoms with van der Waals surface area (Å²) in [7, 11) is 0. The van der Waals surface area contributed by atoms with Crippen LogP contribution in [0.3, 0.4) is 0 Å². The van der Waals surface area contributed by atoms with Crippen LogP contribution < -0.4 is 0 Å². The van der Waals surface area contributed by atoms with E-state index in [1.165, 1.54) is 18.3 Å². The SMILES string of the molecule is CC(c1ccc(F)cn1)(c1ccn[nH]1)N1CCN(CCc2cccc(F)c2)CC1. The molecule has 1 aromatic carbocycles. The Labute approximate surface area is 169 Å². The van der Waals surface area contributed by atoms with E-state index in [0.29, 0.717) is 0 Å². The lowest BCUT2D eigenvalue weighted by atomic mass is 9.89. The smallest absolute Gasteiger partial charge is 0.141 e. The third-order valence-electron chi connectivity index (χ3n) is 5.86. The standard InChI is InChI=1S/C22H25F2N5/c1-22(21-7-9-26-27-21,20-6-5-19(24)16-25-20)29-13-11-28(12-14-29)10-8-17-3-2-4-18(23)15-17/h2-7,9,15-16H,8,10-14H2,1H3,(H,26,27). The molecular formula is C22H25F2N5. The van der Waals surface area contributed by atoms with Crippen LogP contribution >= 0.6 is 0 Å². The first kappa shape index (κ1) is 19.7. The van der Waals surface area contributed by atoms with Gasteiger partial charge in [0.1, 0.15) is 17.2 Å². The molecule has 1 atom stereocenters. The number of hydrogen-bond donors (Lipinski definition) is 1. The number of rotatable bonds is 6. The Balaban J connectivity index is 1.45. The zero-order chi connectivity index (χ0) is 20.3. The number of benzene rings is 1. The van der Waals surface area contributed by atoms with Gasteiger partial charge in [-0.2, -0.15) is 5.10 Å². The van der Waals surface area contributed by atoms with Crippen LogP contribution in [-0.4, -0.2) is 57.7 Å². The fourth-order valence-corrected chi connectivity index (χ4v) is 4.06. The molecule has 1 fully saturated rings. The molecule has 7 heteroatoms. The molecule has 1 aliphatic heterocycles. The van der Waals surface area contributed by atoms with Gasteiger partial charge in [-0.15, -0.1) is 0 Å². The van der Waals surface area contributed by atoms with Gasteiger partial charge in [0.15, 0.2) is 0 Å². The highest BCUT2D eigenvalue weighted by Crippen LogP contribution is 2.34. The molecule has 1 aliphatic rings. The summed E-state index contributed by atoms with van der Waals surface area (Å²) >= 11 is 0. The maximum absolute atomic E-state index is 13.4. The largest absolute Gasteiger partial charge is 0.300 e. The van der Waals surface area contributed by atoms with Gasteiger partial charge in [0, 0.05) is 38.9 Å². The van der Waals surface area contributed by atoms with E-state index in [9.17, 15) is 8.78 Å². The summed E-state index contributed by atoms with van der Waals surface area (Å²) in [6, 6.07) is 11.9. The summed E-state index contributed by atoms with van der Waals surface area (Å²) in [5.41, 5.74) is 2.23. The van der Waals surface area contributed by atoms with Crippen LogP contribution in [0.1, 0.15) is 23.9 Å². The fraction of sp³-hybridized carbons (Fsp3) is 0.364. The minimum Gasteiger partial charge on any atom is -0.300 e. The van der Waals surface area contributed by atoms with E-state index in [2.05, 4.69) is 31.9 Å². The van der Waals surface area contributed by atoms with E-state index in [0.717, 1.165) is 56.1 Å². The van der Waals surface area contributed by atoms with E-state index in [1.807, 2.05) is 12.1 Å². The highest BCUT2D eigenvalue weighted by Gasteiger charge is 2.39.